The molecule has 1 saturated heterocycles. The number of carbonyl (C=O) groups excluding carboxylic acids is 1. The summed E-state index contributed by atoms with van der Waals surface area (Å²) in [4.78, 5) is 31.8. The second-order valence-electron chi connectivity index (χ2n) is 7.11. The molecule has 2 amide bonds. The van der Waals surface area contributed by atoms with E-state index >= 15 is 0 Å². The maximum atomic E-state index is 12.9. The summed E-state index contributed by atoms with van der Waals surface area (Å²) in [5.74, 6) is 0.389. The summed E-state index contributed by atoms with van der Waals surface area (Å²) in [7, 11) is 0. The molecule has 1 aliphatic carbocycles. The highest BCUT2D eigenvalue weighted by atomic mass is 35.5. The standard InChI is InChI=1S/C19H20ClN3O3/c1-11-10-22(6-7-23(11)19(25)26)18(24)13-4-5-14-15(20)9-16(12-2-3-12)21-17(14)8-13/h4-5,8-9,11-12H,2-3,6-7,10H2,1H3,(H,25,26). The van der Waals surface area contributed by atoms with Gasteiger partial charge in [0.25, 0.3) is 5.91 Å². The topological polar surface area (TPSA) is 73.7 Å². The van der Waals surface area contributed by atoms with E-state index in [1.807, 2.05) is 19.1 Å². The Morgan fingerprint density at radius 3 is 2.65 bits per heavy atom. The van der Waals surface area contributed by atoms with E-state index in [-0.39, 0.29) is 11.9 Å². The van der Waals surface area contributed by atoms with Crippen molar-refractivity contribution in [3.63, 3.8) is 0 Å². The van der Waals surface area contributed by atoms with Crippen LogP contribution in [-0.4, -0.2) is 57.6 Å². The van der Waals surface area contributed by atoms with Gasteiger partial charge in [-0.1, -0.05) is 17.7 Å². The van der Waals surface area contributed by atoms with Crippen LogP contribution in [0.25, 0.3) is 10.9 Å². The van der Waals surface area contributed by atoms with Gasteiger partial charge in [0.05, 0.1) is 10.5 Å². The maximum Gasteiger partial charge on any atom is 0.407 e. The number of rotatable bonds is 2. The number of amides is 2. The number of carboxylic acid groups (broad SMARTS) is 1. The molecular formula is C19H20ClN3O3. The zero-order chi connectivity index (χ0) is 18.4. The normalized spacial score (nSPS) is 20.5. The van der Waals surface area contributed by atoms with Gasteiger partial charge < -0.3 is 14.9 Å². The van der Waals surface area contributed by atoms with Gasteiger partial charge in [-0.2, -0.15) is 0 Å². The molecule has 1 atom stereocenters. The Balaban J connectivity index is 1.60. The van der Waals surface area contributed by atoms with Crippen LogP contribution in [0, 0.1) is 0 Å². The molecule has 2 heterocycles. The fourth-order valence-corrected chi connectivity index (χ4v) is 3.81. The van der Waals surface area contributed by atoms with Crippen molar-refractivity contribution < 1.29 is 14.7 Å². The van der Waals surface area contributed by atoms with Crippen molar-refractivity contribution >= 4 is 34.5 Å². The van der Waals surface area contributed by atoms with Gasteiger partial charge in [-0.05, 0) is 38.0 Å². The van der Waals surface area contributed by atoms with Gasteiger partial charge in [-0.25, -0.2) is 4.79 Å². The third-order valence-corrected chi connectivity index (χ3v) is 5.49. The van der Waals surface area contributed by atoms with Gasteiger partial charge in [-0.3, -0.25) is 9.78 Å². The molecule has 1 N–H and O–H groups in total. The summed E-state index contributed by atoms with van der Waals surface area (Å²) in [6, 6.07) is 7.11. The summed E-state index contributed by atoms with van der Waals surface area (Å²) in [5.41, 5.74) is 2.29. The van der Waals surface area contributed by atoms with Crippen LogP contribution in [0.5, 0.6) is 0 Å². The van der Waals surface area contributed by atoms with Crippen LogP contribution in [0.2, 0.25) is 5.02 Å². The van der Waals surface area contributed by atoms with E-state index in [1.165, 1.54) is 4.90 Å². The van der Waals surface area contributed by atoms with Crippen LogP contribution >= 0.6 is 11.6 Å². The van der Waals surface area contributed by atoms with Gasteiger partial charge >= 0.3 is 6.09 Å². The van der Waals surface area contributed by atoms with Crippen molar-refractivity contribution in [2.75, 3.05) is 19.6 Å². The molecule has 2 aliphatic rings. The minimum Gasteiger partial charge on any atom is -0.465 e. The van der Waals surface area contributed by atoms with E-state index in [2.05, 4.69) is 0 Å². The minimum atomic E-state index is -0.943. The molecule has 0 bridgehead atoms. The smallest absolute Gasteiger partial charge is 0.407 e. The lowest BCUT2D eigenvalue weighted by Gasteiger charge is -2.38. The van der Waals surface area contributed by atoms with E-state index in [0.717, 1.165) is 29.4 Å². The highest BCUT2D eigenvalue weighted by Gasteiger charge is 2.30. The Morgan fingerprint density at radius 2 is 2.00 bits per heavy atom. The number of benzene rings is 1. The molecule has 1 aliphatic heterocycles. The average molecular weight is 374 g/mol. The van der Waals surface area contributed by atoms with Crippen molar-refractivity contribution in [3.8, 4) is 0 Å². The predicted molar refractivity (Wildman–Crippen MR) is 98.8 cm³/mol. The summed E-state index contributed by atoms with van der Waals surface area (Å²) < 4.78 is 0. The number of halogens is 1. The molecule has 4 rings (SSSR count). The van der Waals surface area contributed by atoms with E-state index in [4.69, 9.17) is 16.6 Å². The SMILES string of the molecule is CC1CN(C(=O)c2ccc3c(Cl)cc(C4CC4)nc3c2)CCN1C(=O)O. The third-order valence-electron chi connectivity index (χ3n) is 5.18. The van der Waals surface area contributed by atoms with Gasteiger partial charge in [0.2, 0.25) is 0 Å². The summed E-state index contributed by atoms with van der Waals surface area (Å²) in [6.45, 7) is 2.92. The van der Waals surface area contributed by atoms with Gasteiger partial charge in [0.1, 0.15) is 0 Å². The van der Waals surface area contributed by atoms with E-state index in [0.29, 0.717) is 36.1 Å². The van der Waals surface area contributed by atoms with Crippen LogP contribution in [0.15, 0.2) is 24.3 Å². The molecule has 1 unspecified atom stereocenters. The van der Waals surface area contributed by atoms with E-state index in [1.54, 1.807) is 17.0 Å². The molecular weight excluding hydrogens is 354 g/mol. The number of carbonyl (C=O) groups is 2. The summed E-state index contributed by atoms with van der Waals surface area (Å²) >= 11 is 6.38. The number of fused-ring (bicyclic) bond motifs is 1. The second kappa shape index (κ2) is 6.43. The van der Waals surface area contributed by atoms with E-state index < -0.39 is 6.09 Å². The van der Waals surface area contributed by atoms with Crippen molar-refractivity contribution in [2.45, 2.75) is 31.7 Å². The third kappa shape index (κ3) is 3.09. The quantitative estimate of drug-likeness (QED) is 0.873. The van der Waals surface area contributed by atoms with Crippen LogP contribution in [0.3, 0.4) is 0 Å². The van der Waals surface area contributed by atoms with Gasteiger partial charge in [-0.15, -0.1) is 0 Å². The zero-order valence-corrected chi connectivity index (χ0v) is 15.2. The first-order chi connectivity index (χ1) is 12.4. The lowest BCUT2D eigenvalue weighted by molar-refractivity contribution is 0.0507. The number of pyridine rings is 1. The number of nitrogens with zero attached hydrogens (tertiary/aromatic N) is 3. The average Bonchev–Trinajstić information content (AvgIpc) is 3.45. The Kier molecular flexibility index (Phi) is 4.23. The molecule has 1 aromatic heterocycles. The highest BCUT2D eigenvalue weighted by molar-refractivity contribution is 6.35. The molecule has 0 radical (unpaired) electrons. The molecule has 2 aromatic rings. The first-order valence-electron chi connectivity index (χ1n) is 8.83. The van der Waals surface area contributed by atoms with Crippen LogP contribution < -0.4 is 0 Å². The van der Waals surface area contributed by atoms with Crippen molar-refractivity contribution in [1.82, 2.24) is 14.8 Å². The number of hydrogen-bond acceptors (Lipinski definition) is 3. The molecule has 136 valence electrons. The molecule has 26 heavy (non-hydrogen) atoms. The Hall–Kier alpha value is -2.34. The fraction of sp³-hybridized carbons (Fsp3) is 0.421. The minimum absolute atomic E-state index is 0.0986. The second-order valence-corrected chi connectivity index (χ2v) is 7.52. The fourth-order valence-electron chi connectivity index (χ4n) is 3.54. The maximum absolute atomic E-state index is 12.9. The monoisotopic (exact) mass is 373 g/mol. The van der Waals surface area contributed by atoms with E-state index in [9.17, 15) is 14.7 Å². The highest BCUT2D eigenvalue weighted by Crippen LogP contribution is 2.41. The first kappa shape index (κ1) is 17.1. The predicted octanol–water partition coefficient (Wildman–Crippen LogP) is 3.59. The number of aromatic nitrogens is 1. The summed E-state index contributed by atoms with van der Waals surface area (Å²) in [6.07, 6.45) is 1.33. The lowest BCUT2D eigenvalue weighted by Crippen LogP contribution is -2.55. The Labute approximate surface area is 156 Å². The first-order valence-corrected chi connectivity index (χ1v) is 9.21. The molecule has 0 spiro atoms. The van der Waals surface area contributed by atoms with Crippen molar-refractivity contribution in [1.29, 1.82) is 0 Å². The molecule has 7 heteroatoms. The van der Waals surface area contributed by atoms with Crippen molar-refractivity contribution in [3.05, 3.63) is 40.5 Å². The summed E-state index contributed by atoms with van der Waals surface area (Å²) in [5, 5.41) is 10.7. The molecule has 1 aromatic carbocycles. The molecule has 1 saturated carbocycles. The van der Waals surface area contributed by atoms with Crippen LogP contribution in [0.4, 0.5) is 4.79 Å². The number of piperazine rings is 1. The van der Waals surface area contributed by atoms with Crippen LogP contribution in [0.1, 0.15) is 41.7 Å². The Bertz CT molecular complexity index is 897. The lowest BCUT2D eigenvalue weighted by atomic mass is 10.1. The van der Waals surface area contributed by atoms with Crippen molar-refractivity contribution in [2.24, 2.45) is 0 Å². The van der Waals surface area contributed by atoms with Gasteiger partial charge in [0.15, 0.2) is 0 Å². The van der Waals surface area contributed by atoms with Crippen LogP contribution in [-0.2, 0) is 0 Å². The Morgan fingerprint density at radius 1 is 1.23 bits per heavy atom. The molecule has 6 nitrogen and oxygen atoms in total. The molecule has 2 fully saturated rings. The number of hydrogen-bond donors (Lipinski definition) is 1. The largest absolute Gasteiger partial charge is 0.465 e. The zero-order valence-electron chi connectivity index (χ0n) is 14.5. The van der Waals surface area contributed by atoms with Gasteiger partial charge in [0, 0.05) is 48.2 Å².